The minimum atomic E-state index is -4.41. The number of benzene rings is 2. The maximum atomic E-state index is 13.3. The summed E-state index contributed by atoms with van der Waals surface area (Å²) in [5.41, 5.74) is 6.90. The molecule has 4 rings (SSSR count). The number of hydrogen-bond donors (Lipinski definition) is 3. The summed E-state index contributed by atoms with van der Waals surface area (Å²) in [6.45, 7) is 18.4. The first-order valence-corrected chi connectivity index (χ1v) is 16.7. The summed E-state index contributed by atoms with van der Waals surface area (Å²) in [6.07, 6.45) is -7.14. The number of carbonyl (C=O) groups is 1. The number of nitrogens with one attached hydrogen (secondary N) is 2. The van der Waals surface area contributed by atoms with Crippen molar-refractivity contribution in [3.8, 4) is 0 Å². The van der Waals surface area contributed by atoms with Crippen LogP contribution in [0, 0.1) is 0 Å². The number of hydrogen-bond acceptors (Lipinski definition) is 5. The molecular formula is C37H53F6N5O. The van der Waals surface area contributed by atoms with Crippen molar-refractivity contribution in [3.05, 3.63) is 99.4 Å². The smallest absolute Gasteiger partial charge is 0.354 e. The number of aromatic nitrogens is 1. The Morgan fingerprint density at radius 3 is 1.94 bits per heavy atom. The van der Waals surface area contributed by atoms with Gasteiger partial charge in [-0.05, 0) is 76.9 Å². The van der Waals surface area contributed by atoms with Gasteiger partial charge in [-0.25, -0.2) is 0 Å². The van der Waals surface area contributed by atoms with Crippen LogP contribution in [0.4, 0.5) is 26.3 Å². The molecule has 274 valence electrons. The molecule has 12 heteroatoms. The van der Waals surface area contributed by atoms with Gasteiger partial charge in [-0.15, -0.1) is 0 Å². The summed E-state index contributed by atoms with van der Waals surface area (Å²) in [5, 5.41) is 5.69. The largest absolute Gasteiger partial charge is 0.416 e. The standard InChI is InChI=1S/C18H19F3N2O.C15H21F3N2.C2H7N.C2H6/c1-11(2)13-5-6-14(15(9-13)18(19,20)21)8-12-4-7-16(23-10-12)17(24)22-3;1-11(2)13-7-12(8-14(9-13)15(16,17)18)10-20-5-3-19-4-6-20;1-2-3;1-2/h4-7,9-11H,8H2,1-3H3,(H,22,24);7-9,11,19H,3-6,10H2,1-2H3;2-3H2,1H3;1-2H3. The van der Waals surface area contributed by atoms with Crippen molar-refractivity contribution in [2.45, 2.75) is 85.6 Å². The van der Waals surface area contributed by atoms with Crippen molar-refractivity contribution in [2.24, 2.45) is 5.73 Å². The summed E-state index contributed by atoms with van der Waals surface area (Å²) in [7, 11) is 1.49. The molecule has 0 bridgehead atoms. The first-order valence-electron chi connectivity index (χ1n) is 16.7. The lowest BCUT2D eigenvalue weighted by molar-refractivity contribution is -0.138. The van der Waals surface area contributed by atoms with E-state index >= 15 is 0 Å². The van der Waals surface area contributed by atoms with E-state index in [9.17, 15) is 31.1 Å². The zero-order valence-electron chi connectivity index (χ0n) is 29.9. The van der Waals surface area contributed by atoms with E-state index in [1.807, 2.05) is 54.5 Å². The molecule has 1 fully saturated rings. The Morgan fingerprint density at radius 2 is 1.47 bits per heavy atom. The third-order valence-corrected chi connectivity index (χ3v) is 7.41. The number of pyridine rings is 1. The molecule has 2 aromatic carbocycles. The lowest BCUT2D eigenvalue weighted by atomic mass is 9.94. The number of rotatable bonds is 7. The van der Waals surface area contributed by atoms with Crippen LogP contribution in [-0.2, 0) is 25.3 Å². The Morgan fingerprint density at radius 1 is 0.878 bits per heavy atom. The first-order chi connectivity index (χ1) is 23.0. The summed E-state index contributed by atoms with van der Waals surface area (Å²) < 4.78 is 78.9. The molecule has 4 N–H and O–H groups in total. The number of nitrogens with zero attached hydrogens (tertiary/aromatic N) is 2. The lowest BCUT2D eigenvalue weighted by Gasteiger charge is -2.27. The Balaban J connectivity index is 0.000000438. The molecule has 1 aliphatic rings. The van der Waals surface area contributed by atoms with Gasteiger partial charge < -0.3 is 16.4 Å². The molecule has 0 spiro atoms. The van der Waals surface area contributed by atoms with Gasteiger partial charge in [0.2, 0.25) is 0 Å². The van der Waals surface area contributed by atoms with Gasteiger partial charge >= 0.3 is 12.4 Å². The van der Waals surface area contributed by atoms with Crippen molar-refractivity contribution >= 4 is 5.91 Å². The van der Waals surface area contributed by atoms with Crippen molar-refractivity contribution < 1.29 is 31.1 Å². The highest BCUT2D eigenvalue weighted by Crippen LogP contribution is 2.35. The Bertz CT molecular complexity index is 1400. The summed E-state index contributed by atoms with van der Waals surface area (Å²) in [6, 6.07) is 12.0. The minimum Gasteiger partial charge on any atom is -0.354 e. The SMILES string of the molecule is CC.CC(C)c1cc(CN2CCNCC2)cc(C(F)(F)F)c1.CCN.CNC(=O)c1ccc(Cc2ccc(C(C)C)cc2C(F)(F)F)cn1. The van der Waals surface area contributed by atoms with Gasteiger partial charge in [0.05, 0.1) is 11.1 Å². The predicted octanol–water partition coefficient (Wildman–Crippen LogP) is 8.40. The van der Waals surface area contributed by atoms with Crippen LogP contribution in [-0.4, -0.2) is 55.6 Å². The maximum absolute atomic E-state index is 13.3. The van der Waals surface area contributed by atoms with Gasteiger partial charge in [-0.2, -0.15) is 26.3 Å². The van der Waals surface area contributed by atoms with Crippen molar-refractivity contribution in [1.29, 1.82) is 0 Å². The van der Waals surface area contributed by atoms with Crippen LogP contribution in [0.2, 0.25) is 0 Å². The second kappa shape index (κ2) is 20.9. The van der Waals surface area contributed by atoms with E-state index in [1.165, 1.54) is 43.6 Å². The van der Waals surface area contributed by atoms with E-state index in [4.69, 9.17) is 5.73 Å². The summed E-state index contributed by atoms with van der Waals surface area (Å²) in [5.74, 6) is -0.216. The van der Waals surface area contributed by atoms with E-state index in [-0.39, 0.29) is 35.4 Å². The summed E-state index contributed by atoms with van der Waals surface area (Å²) >= 11 is 0. The van der Waals surface area contributed by atoms with E-state index in [0.29, 0.717) is 17.7 Å². The molecule has 1 amide bonds. The molecule has 49 heavy (non-hydrogen) atoms. The maximum Gasteiger partial charge on any atom is 0.416 e. The molecular weight excluding hydrogens is 644 g/mol. The third kappa shape index (κ3) is 14.9. The molecule has 1 saturated heterocycles. The van der Waals surface area contributed by atoms with Gasteiger partial charge in [0.1, 0.15) is 5.69 Å². The van der Waals surface area contributed by atoms with Crippen LogP contribution in [0.1, 0.15) is 110 Å². The monoisotopic (exact) mass is 697 g/mol. The molecule has 3 aromatic rings. The van der Waals surface area contributed by atoms with Crippen LogP contribution in [0.5, 0.6) is 0 Å². The number of halogens is 6. The van der Waals surface area contributed by atoms with Crippen LogP contribution < -0.4 is 16.4 Å². The van der Waals surface area contributed by atoms with Crippen LogP contribution in [0.3, 0.4) is 0 Å². The first kappa shape index (κ1) is 43.5. The fourth-order valence-electron chi connectivity index (χ4n) is 4.82. The second-order valence-corrected chi connectivity index (χ2v) is 11.9. The zero-order chi connectivity index (χ0) is 37.4. The zero-order valence-corrected chi connectivity index (χ0v) is 29.9. The normalized spacial score (nSPS) is 13.4. The van der Waals surface area contributed by atoms with Gasteiger partial charge in [0, 0.05) is 46.0 Å². The van der Waals surface area contributed by atoms with Crippen LogP contribution in [0.25, 0.3) is 0 Å². The average Bonchev–Trinajstić information content (AvgIpc) is 3.06. The summed E-state index contributed by atoms with van der Waals surface area (Å²) in [4.78, 5) is 17.6. The van der Waals surface area contributed by atoms with Crippen LogP contribution >= 0.6 is 0 Å². The highest BCUT2D eigenvalue weighted by Gasteiger charge is 2.34. The third-order valence-electron chi connectivity index (χ3n) is 7.41. The van der Waals surface area contributed by atoms with Gasteiger partial charge in [-0.3, -0.25) is 14.7 Å². The van der Waals surface area contributed by atoms with Gasteiger partial charge in [-0.1, -0.05) is 72.7 Å². The van der Waals surface area contributed by atoms with Gasteiger partial charge in [0.15, 0.2) is 0 Å². The van der Waals surface area contributed by atoms with Crippen molar-refractivity contribution in [2.75, 3.05) is 39.8 Å². The molecule has 0 saturated carbocycles. The molecule has 6 nitrogen and oxygen atoms in total. The topological polar surface area (TPSA) is 83.3 Å². The number of nitrogens with two attached hydrogens (primary N) is 1. The molecule has 1 aromatic heterocycles. The quantitative estimate of drug-likeness (QED) is 0.216. The fourth-order valence-corrected chi connectivity index (χ4v) is 4.82. The average molecular weight is 698 g/mol. The minimum absolute atomic E-state index is 0.0219. The van der Waals surface area contributed by atoms with Crippen LogP contribution in [0.15, 0.2) is 54.7 Å². The second-order valence-electron chi connectivity index (χ2n) is 11.9. The Labute approximate surface area is 287 Å². The van der Waals surface area contributed by atoms with E-state index in [0.717, 1.165) is 43.9 Å². The molecule has 0 unspecified atom stereocenters. The van der Waals surface area contributed by atoms with Crippen molar-refractivity contribution in [1.82, 2.24) is 20.5 Å². The Kier molecular flexibility index (Phi) is 18.6. The molecule has 0 aliphatic carbocycles. The number of alkyl halides is 6. The molecule has 0 radical (unpaired) electrons. The molecule has 0 atom stereocenters. The fraction of sp³-hybridized carbons (Fsp3) is 0.514. The molecule has 1 aliphatic heterocycles. The van der Waals surface area contributed by atoms with Gasteiger partial charge in [0.25, 0.3) is 5.91 Å². The highest BCUT2D eigenvalue weighted by molar-refractivity contribution is 5.91. The number of amides is 1. The van der Waals surface area contributed by atoms with E-state index in [2.05, 4.69) is 20.5 Å². The number of piperazine rings is 1. The van der Waals surface area contributed by atoms with E-state index in [1.54, 1.807) is 12.1 Å². The highest BCUT2D eigenvalue weighted by atomic mass is 19.4. The molecule has 2 heterocycles. The lowest BCUT2D eigenvalue weighted by Crippen LogP contribution is -2.42. The van der Waals surface area contributed by atoms with Crippen molar-refractivity contribution in [3.63, 3.8) is 0 Å². The Hall–Kier alpha value is -3.48. The predicted molar refractivity (Wildman–Crippen MR) is 186 cm³/mol. The van der Waals surface area contributed by atoms with E-state index < -0.39 is 23.5 Å². The number of carbonyl (C=O) groups excluding carboxylic acids is 1.